The molecule has 1 rings (SSSR count). The average molecular weight is 157 g/mol. The molecule has 1 atom stereocenters. The van der Waals surface area contributed by atoms with E-state index in [4.69, 9.17) is 5.73 Å². The lowest BCUT2D eigenvalue weighted by Gasteiger charge is -2.29. The molecule has 0 unspecified atom stereocenters. The maximum absolute atomic E-state index is 9.44. The van der Waals surface area contributed by atoms with E-state index in [0.29, 0.717) is 12.5 Å². The molecule has 0 spiro atoms. The summed E-state index contributed by atoms with van der Waals surface area (Å²) in [5.41, 5.74) is 5.39. The second kappa shape index (κ2) is 4.07. The largest absolute Gasteiger partial charge is 0.392 e. The second-order valence-corrected chi connectivity index (χ2v) is 3.82. The van der Waals surface area contributed by atoms with Gasteiger partial charge >= 0.3 is 0 Å². The van der Waals surface area contributed by atoms with Gasteiger partial charge in [-0.05, 0) is 24.7 Å². The van der Waals surface area contributed by atoms with Crippen LogP contribution in [0.4, 0.5) is 0 Å². The topological polar surface area (TPSA) is 46.2 Å². The van der Waals surface area contributed by atoms with E-state index in [-0.39, 0.29) is 6.10 Å². The summed E-state index contributed by atoms with van der Waals surface area (Å²) < 4.78 is 0. The molecule has 0 heterocycles. The summed E-state index contributed by atoms with van der Waals surface area (Å²) in [6.07, 6.45) is 4.62. The smallest absolute Gasteiger partial charge is 0.0690 e. The van der Waals surface area contributed by atoms with Gasteiger partial charge in [-0.3, -0.25) is 0 Å². The summed E-state index contributed by atoms with van der Waals surface area (Å²) in [6.45, 7) is 2.71. The Balaban J connectivity index is 2.27. The molecule has 1 saturated carbocycles. The van der Waals surface area contributed by atoms with Gasteiger partial charge in [0.15, 0.2) is 0 Å². The molecule has 0 radical (unpaired) electrons. The predicted molar refractivity (Wildman–Crippen MR) is 46.2 cm³/mol. The van der Waals surface area contributed by atoms with Crippen LogP contribution in [0.15, 0.2) is 0 Å². The highest BCUT2D eigenvalue weighted by atomic mass is 16.3. The highest BCUT2D eigenvalue weighted by Gasteiger charge is 2.23. The number of aliphatic hydroxyl groups excluding tert-OH is 1. The molecular weight excluding hydrogens is 138 g/mol. The third-order valence-electron chi connectivity index (χ3n) is 2.85. The highest BCUT2D eigenvalue weighted by molar-refractivity contribution is 4.75. The van der Waals surface area contributed by atoms with Gasteiger partial charge in [0.25, 0.3) is 0 Å². The number of hydrogen-bond acceptors (Lipinski definition) is 2. The number of hydrogen-bond donors (Lipinski definition) is 2. The van der Waals surface area contributed by atoms with E-state index in [1.165, 1.54) is 25.7 Å². The molecule has 66 valence electrons. The van der Waals surface area contributed by atoms with Crippen LogP contribution >= 0.6 is 0 Å². The van der Waals surface area contributed by atoms with Crippen LogP contribution in [-0.4, -0.2) is 17.8 Å². The molecule has 3 N–H and O–H groups in total. The number of nitrogens with two attached hydrogens (primary N) is 1. The lowest BCUT2D eigenvalue weighted by molar-refractivity contribution is 0.0826. The molecule has 1 aliphatic rings. The summed E-state index contributed by atoms with van der Waals surface area (Å²) in [7, 11) is 0. The molecule has 0 bridgehead atoms. The molecule has 1 aliphatic carbocycles. The first kappa shape index (κ1) is 9.01. The first-order valence-electron chi connectivity index (χ1n) is 4.62. The van der Waals surface area contributed by atoms with Gasteiger partial charge in [0.1, 0.15) is 0 Å². The second-order valence-electron chi connectivity index (χ2n) is 3.82. The van der Waals surface area contributed by atoms with E-state index < -0.39 is 0 Å². The Morgan fingerprint density at radius 1 is 1.36 bits per heavy atom. The van der Waals surface area contributed by atoms with Gasteiger partial charge in [0.05, 0.1) is 6.10 Å². The van der Waals surface area contributed by atoms with Crippen molar-refractivity contribution >= 4 is 0 Å². The van der Waals surface area contributed by atoms with Crippen molar-refractivity contribution in [3.8, 4) is 0 Å². The Morgan fingerprint density at radius 3 is 2.36 bits per heavy atom. The zero-order valence-electron chi connectivity index (χ0n) is 7.29. The Morgan fingerprint density at radius 2 is 1.91 bits per heavy atom. The van der Waals surface area contributed by atoms with Gasteiger partial charge in [-0.15, -0.1) is 0 Å². The Hall–Kier alpha value is -0.0800. The molecule has 0 saturated heterocycles. The summed E-state index contributed by atoms with van der Waals surface area (Å²) >= 11 is 0. The van der Waals surface area contributed by atoms with Crippen molar-refractivity contribution in [2.45, 2.75) is 38.7 Å². The Bertz CT molecular complexity index is 108. The average Bonchev–Trinajstić information content (AvgIpc) is 2.05. The van der Waals surface area contributed by atoms with Crippen molar-refractivity contribution in [3.63, 3.8) is 0 Å². The number of rotatable bonds is 2. The van der Waals surface area contributed by atoms with E-state index >= 15 is 0 Å². The maximum atomic E-state index is 9.44. The monoisotopic (exact) mass is 157 g/mol. The molecule has 0 aliphatic heterocycles. The quantitative estimate of drug-likeness (QED) is 0.631. The van der Waals surface area contributed by atoms with Crippen LogP contribution in [0.2, 0.25) is 0 Å². The van der Waals surface area contributed by atoms with Crippen LogP contribution in [-0.2, 0) is 0 Å². The Labute approximate surface area is 68.8 Å². The van der Waals surface area contributed by atoms with Crippen molar-refractivity contribution in [2.24, 2.45) is 17.6 Å². The van der Waals surface area contributed by atoms with Crippen molar-refractivity contribution in [1.82, 2.24) is 0 Å². The lowest BCUT2D eigenvalue weighted by atomic mass is 9.80. The standard InChI is InChI=1S/C9H19NO/c1-7-2-4-8(5-3-7)9(11)6-10/h7-9,11H,2-6,10H2,1H3/t7?,8?,9-/m0/s1. The van der Waals surface area contributed by atoms with E-state index in [0.717, 1.165) is 5.92 Å². The highest BCUT2D eigenvalue weighted by Crippen LogP contribution is 2.29. The van der Waals surface area contributed by atoms with Crippen LogP contribution in [0.1, 0.15) is 32.6 Å². The summed E-state index contributed by atoms with van der Waals surface area (Å²) in [5.74, 6) is 1.34. The van der Waals surface area contributed by atoms with E-state index in [1.54, 1.807) is 0 Å². The van der Waals surface area contributed by atoms with Crippen LogP contribution in [0.5, 0.6) is 0 Å². The first-order valence-corrected chi connectivity index (χ1v) is 4.62. The first-order chi connectivity index (χ1) is 5.24. The molecular formula is C9H19NO. The minimum absolute atomic E-state index is 0.248. The summed E-state index contributed by atoms with van der Waals surface area (Å²) in [5, 5.41) is 9.44. The third-order valence-corrected chi connectivity index (χ3v) is 2.85. The zero-order valence-corrected chi connectivity index (χ0v) is 7.29. The van der Waals surface area contributed by atoms with Gasteiger partial charge in [0, 0.05) is 6.54 Å². The van der Waals surface area contributed by atoms with E-state index in [1.807, 2.05) is 0 Å². The molecule has 0 aromatic carbocycles. The maximum Gasteiger partial charge on any atom is 0.0690 e. The minimum atomic E-state index is -0.248. The van der Waals surface area contributed by atoms with Crippen molar-refractivity contribution in [3.05, 3.63) is 0 Å². The molecule has 0 amide bonds. The van der Waals surface area contributed by atoms with Crippen molar-refractivity contribution < 1.29 is 5.11 Å². The molecule has 11 heavy (non-hydrogen) atoms. The number of aliphatic hydroxyl groups is 1. The van der Waals surface area contributed by atoms with Crippen molar-refractivity contribution in [2.75, 3.05) is 6.54 Å². The molecule has 1 fully saturated rings. The van der Waals surface area contributed by atoms with Gasteiger partial charge < -0.3 is 10.8 Å². The van der Waals surface area contributed by atoms with Crippen LogP contribution in [0.3, 0.4) is 0 Å². The molecule has 2 nitrogen and oxygen atoms in total. The SMILES string of the molecule is CC1CCC([C@@H](O)CN)CC1. The summed E-state index contributed by atoms with van der Waals surface area (Å²) in [4.78, 5) is 0. The van der Waals surface area contributed by atoms with Crippen LogP contribution < -0.4 is 5.73 Å². The van der Waals surface area contributed by atoms with Crippen molar-refractivity contribution in [1.29, 1.82) is 0 Å². The molecule has 2 heteroatoms. The van der Waals surface area contributed by atoms with Gasteiger partial charge in [0.2, 0.25) is 0 Å². The fourth-order valence-corrected chi connectivity index (χ4v) is 1.86. The Kier molecular flexibility index (Phi) is 3.34. The fourth-order valence-electron chi connectivity index (χ4n) is 1.86. The van der Waals surface area contributed by atoms with Gasteiger partial charge in [-0.25, -0.2) is 0 Å². The van der Waals surface area contributed by atoms with E-state index in [9.17, 15) is 5.11 Å². The van der Waals surface area contributed by atoms with Gasteiger partial charge in [-0.1, -0.05) is 19.8 Å². The minimum Gasteiger partial charge on any atom is -0.392 e. The van der Waals surface area contributed by atoms with E-state index in [2.05, 4.69) is 6.92 Å². The van der Waals surface area contributed by atoms with Crippen LogP contribution in [0.25, 0.3) is 0 Å². The normalized spacial score (nSPS) is 35.2. The zero-order chi connectivity index (χ0) is 8.27. The molecule has 0 aromatic heterocycles. The van der Waals surface area contributed by atoms with Gasteiger partial charge in [-0.2, -0.15) is 0 Å². The lowest BCUT2D eigenvalue weighted by Crippen LogP contribution is -2.31. The predicted octanol–water partition coefficient (Wildman–Crippen LogP) is 1.13. The third kappa shape index (κ3) is 2.46. The fraction of sp³-hybridized carbons (Fsp3) is 1.00. The molecule has 0 aromatic rings. The summed E-state index contributed by atoms with van der Waals surface area (Å²) in [6, 6.07) is 0. The van der Waals surface area contributed by atoms with Crippen LogP contribution in [0, 0.1) is 11.8 Å².